The Labute approximate surface area is 135 Å². The number of esters is 1. The molecule has 0 radical (unpaired) electrons. The highest BCUT2D eigenvalue weighted by atomic mass is 32.2. The summed E-state index contributed by atoms with van der Waals surface area (Å²) in [4.78, 5) is 22.5. The second-order valence-electron chi connectivity index (χ2n) is 4.93. The average Bonchev–Trinajstić information content (AvgIpc) is 2.47. The van der Waals surface area contributed by atoms with Crippen LogP contribution in [-0.2, 0) is 30.8 Å². The number of hydrogen-bond donors (Lipinski definition) is 2. The van der Waals surface area contributed by atoms with Crippen LogP contribution in [0.2, 0.25) is 0 Å². The molecule has 0 aliphatic carbocycles. The van der Waals surface area contributed by atoms with Crippen molar-refractivity contribution in [1.82, 2.24) is 4.72 Å². The summed E-state index contributed by atoms with van der Waals surface area (Å²) in [5.74, 6) is -1.68. The van der Waals surface area contributed by atoms with Crippen LogP contribution in [0.3, 0.4) is 0 Å². The second-order valence-corrected chi connectivity index (χ2v) is 6.64. The van der Waals surface area contributed by atoms with Gasteiger partial charge in [0.25, 0.3) is 0 Å². The molecule has 0 aromatic heterocycles. The number of benzene rings is 1. The Kier molecular flexibility index (Phi) is 7.18. The van der Waals surface area contributed by atoms with Gasteiger partial charge in [-0.3, -0.25) is 9.59 Å². The number of carbonyl (C=O) groups is 2. The Balaban J connectivity index is 2.95. The summed E-state index contributed by atoms with van der Waals surface area (Å²) in [5.41, 5.74) is 0.480. The lowest BCUT2D eigenvalue weighted by molar-refractivity contribution is -0.142. The maximum atomic E-state index is 12.3. The second kappa shape index (κ2) is 8.64. The summed E-state index contributed by atoms with van der Waals surface area (Å²) in [6.45, 7) is 3.70. The van der Waals surface area contributed by atoms with E-state index in [1.54, 1.807) is 19.9 Å². The zero-order valence-corrected chi connectivity index (χ0v) is 13.9. The van der Waals surface area contributed by atoms with Gasteiger partial charge in [0.05, 0.1) is 17.9 Å². The van der Waals surface area contributed by atoms with Crippen LogP contribution in [0.1, 0.15) is 32.3 Å². The summed E-state index contributed by atoms with van der Waals surface area (Å²) >= 11 is 0. The van der Waals surface area contributed by atoms with Crippen LogP contribution in [0.5, 0.6) is 0 Å². The molecule has 7 nitrogen and oxygen atoms in total. The molecule has 2 N–H and O–H groups in total. The van der Waals surface area contributed by atoms with Crippen LogP contribution < -0.4 is 4.72 Å². The predicted molar refractivity (Wildman–Crippen MR) is 83.4 cm³/mol. The van der Waals surface area contributed by atoms with Crippen molar-refractivity contribution in [3.63, 3.8) is 0 Å². The minimum absolute atomic E-state index is 0.0471. The molecule has 128 valence electrons. The molecule has 8 heteroatoms. The van der Waals surface area contributed by atoms with E-state index in [9.17, 15) is 18.0 Å². The molecule has 1 aromatic rings. The Hall–Kier alpha value is -1.93. The average molecular weight is 343 g/mol. The van der Waals surface area contributed by atoms with E-state index >= 15 is 0 Å². The molecule has 0 fully saturated rings. The number of hydrogen-bond acceptors (Lipinski definition) is 5. The molecule has 23 heavy (non-hydrogen) atoms. The minimum Gasteiger partial charge on any atom is -0.480 e. The van der Waals surface area contributed by atoms with Gasteiger partial charge in [-0.05, 0) is 31.0 Å². The van der Waals surface area contributed by atoms with E-state index in [4.69, 9.17) is 9.84 Å². The Morgan fingerprint density at radius 1 is 1.30 bits per heavy atom. The van der Waals surface area contributed by atoms with Gasteiger partial charge in [-0.2, -0.15) is 4.72 Å². The molecular weight excluding hydrogens is 322 g/mol. The molecule has 1 rings (SSSR count). The van der Waals surface area contributed by atoms with Gasteiger partial charge in [0.15, 0.2) is 0 Å². The van der Waals surface area contributed by atoms with Gasteiger partial charge < -0.3 is 9.84 Å². The molecule has 0 saturated carbocycles. The fourth-order valence-corrected chi connectivity index (χ4v) is 3.27. The Bertz CT molecular complexity index is 656. The summed E-state index contributed by atoms with van der Waals surface area (Å²) in [6, 6.07) is 4.61. The topological polar surface area (TPSA) is 110 Å². The highest BCUT2D eigenvalue weighted by Gasteiger charge is 2.24. The van der Waals surface area contributed by atoms with Crippen LogP contribution in [0.15, 0.2) is 29.2 Å². The molecular formula is C15H21NO6S. The van der Waals surface area contributed by atoms with Crippen molar-refractivity contribution in [3.05, 3.63) is 29.8 Å². The predicted octanol–water partition coefficient (Wildman–Crippen LogP) is 1.32. The van der Waals surface area contributed by atoms with E-state index in [0.29, 0.717) is 12.0 Å². The molecule has 0 heterocycles. The van der Waals surface area contributed by atoms with E-state index in [-0.39, 0.29) is 24.3 Å². The first-order chi connectivity index (χ1) is 10.8. The molecule has 1 atom stereocenters. The molecule has 0 spiro atoms. The summed E-state index contributed by atoms with van der Waals surface area (Å²) in [5, 5.41) is 9.06. The summed E-state index contributed by atoms with van der Waals surface area (Å²) < 4.78 is 31.6. The zero-order chi connectivity index (χ0) is 17.5. The van der Waals surface area contributed by atoms with Gasteiger partial charge in [0.1, 0.15) is 6.04 Å². The lowest BCUT2D eigenvalue weighted by Gasteiger charge is -2.14. The van der Waals surface area contributed by atoms with Crippen molar-refractivity contribution in [3.8, 4) is 0 Å². The van der Waals surface area contributed by atoms with Crippen molar-refractivity contribution in [1.29, 1.82) is 0 Å². The third-order valence-corrected chi connectivity index (χ3v) is 4.50. The van der Waals surface area contributed by atoms with E-state index in [0.717, 1.165) is 0 Å². The molecule has 0 saturated heterocycles. The molecule has 0 amide bonds. The SMILES string of the molecule is CCCC(NS(=O)(=O)c1cccc(CC(=O)OCC)c1)C(=O)O. The normalized spacial score (nSPS) is 12.6. The Morgan fingerprint density at radius 3 is 2.57 bits per heavy atom. The number of ether oxygens (including phenoxy) is 1. The highest BCUT2D eigenvalue weighted by molar-refractivity contribution is 7.89. The quantitative estimate of drug-likeness (QED) is 0.655. The summed E-state index contributed by atoms with van der Waals surface area (Å²) in [6.07, 6.45) is 0.675. The number of carboxylic acids is 1. The molecule has 1 unspecified atom stereocenters. The van der Waals surface area contributed by atoms with Gasteiger partial charge >= 0.3 is 11.9 Å². The first-order valence-corrected chi connectivity index (χ1v) is 8.78. The van der Waals surface area contributed by atoms with Crippen molar-refractivity contribution < 1.29 is 27.9 Å². The smallest absolute Gasteiger partial charge is 0.321 e. The third kappa shape index (κ3) is 5.99. The number of aliphatic carboxylic acids is 1. The lowest BCUT2D eigenvalue weighted by Crippen LogP contribution is -2.40. The monoisotopic (exact) mass is 343 g/mol. The van der Waals surface area contributed by atoms with Crippen molar-refractivity contribution in [2.75, 3.05) is 6.61 Å². The number of nitrogens with one attached hydrogen (secondary N) is 1. The fourth-order valence-electron chi connectivity index (χ4n) is 1.98. The lowest BCUT2D eigenvalue weighted by atomic mass is 10.1. The van der Waals surface area contributed by atoms with Crippen molar-refractivity contribution >= 4 is 22.0 Å². The number of carbonyl (C=O) groups excluding carboxylic acids is 1. The third-order valence-electron chi connectivity index (χ3n) is 3.04. The van der Waals surface area contributed by atoms with Crippen LogP contribution in [0, 0.1) is 0 Å². The van der Waals surface area contributed by atoms with Gasteiger partial charge in [-0.25, -0.2) is 8.42 Å². The van der Waals surface area contributed by atoms with Crippen molar-refractivity contribution in [2.45, 2.75) is 44.0 Å². The number of rotatable bonds is 9. The minimum atomic E-state index is -3.98. The standard InChI is InChI=1S/C15H21NO6S/c1-3-6-13(15(18)19)16-23(20,21)12-8-5-7-11(9-12)10-14(17)22-4-2/h5,7-9,13,16H,3-4,6,10H2,1-2H3,(H,18,19). The van der Waals surface area contributed by atoms with E-state index in [1.165, 1.54) is 18.2 Å². The highest BCUT2D eigenvalue weighted by Crippen LogP contribution is 2.14. The number of carboxylic acid groups (broad SMARTS) is 1. The van der Waals surface area contributed by atoms with Crippen LogP contribution in [-0.4, -0.2) is 38.1 Å². The van der Waals surface area contributed by atoms with E-state index in [2.05, 4.69) is 4.72 Å². The largest absolute Gasteiger partial charge is 0.480 e. The Morgan fingerprint density at radius 2 is 2.00 bits per heavy atom. The molecule has 1 aromatic carbocycles. The number of sulfonamides is 1. The molecule has 0 aliphatic rings. The maximum absolute atomic E-state index is 12.3. The maximum Gasteiger partial charge on any atom is 0.321 e. The fraction of sp³-hybridized carbons (Fsp3) is 0.467. The molecule has 0 bridgehead atoms. The first-order valence-electron chi connectivity index (χ1n) is 7.29. The zero-order valence-electron chi connectivity index (χ0n) is 13.1. The summed E-state index contributed by atoms with van der Waals surface area (Å²) in [7, 11) is -3.98. The van der Waals surface area contributed by atoms with Gasteiger partial charge in [0.2, 0.25) is 10.0 Å². The van der Waals surface area contributed by atoms with Gasteiger partial charge in [0, 0.05) is 0 Å². The van der Waals surface area contributed by atoms with Crippen LogP contribution >= 0.6 is 0 Å². The van der Waals surface area contributed by atoms with E-state index in [1.807, 2.05) is 0 Å². The first kappa shape index (κ1) is 19.1. The van der Waals surface area contributed by atoms with Gasteiger partial charge in [-0.1, -0.05) is 25.5 Å². The van der Waals surface area contributed by atoms with E-state index < -0.39 is 28.0 Å². The van der Waals surface area contributed by atoms with Gasteiger partial charge in [-0.15, -0.1) is 0 Å². The van der Waals surface area contributed by atoms with Crippen LogP contribution in [0.4, 0.5) is 0 Å². The molecule has 0 aliphatic heterocycles. The van der Waals surface area contributed by atoms with Crippen LogP contribution in [0.25, 0.3) is 0 Å². The van der Waals surface area contributed by atoms with Crippen molar-refractivity contribution in [2.24, 2.45) is 0 Å².